The van der Waals surface area contributed by atoms with Crippen LogP contribution in [0.4, 0.5) is 23.5 Å². The highest BCUT2D eigenvalue weighted by atomic mass is 35.5. The highest BCUT2D eigenvalue weighted by Gasteiger charge is 2.16. The maximum atomic E-state index is 6.09. The van der Waals surface area contributed by atoms with Crippen LogP contribution in [-0.4, -0.2) is 65.9 Å². The summed E-state index contributed by atoms with van der Waals surface area (Å²) < 4.78 is 5.47. The number of aromatic nitrogens is 4. The Morgan fingerprint density at radius 1 is 0.912 bits per heavy atom. The molecular formula is C24H33ClN8O. The number of unbranched alkanes of at least 4 members (excludes halogenated alkanes) is 2. The van der Waals surface area contributed by atoms with Crippen LogP contribution in [0.5, 0.6) is 0 Å². The van der Waals surface area contributed by atoms with Crippen LogP contribution in [0.15, 0.2) is 30.5 Å². The van der Waals surface area contributed by atoms with Crippen molar-refractivity contribution >= 4 is 46.0 Å². The van der Waals surface area contributed by atoms with Gasteiger partial charge in [-0.3, -0.25) is 4.98 Å². The quantitative estimate of drug-likeness (QED) is 0.322. The zero-order chi connectivity index (χ0) is 23.6. The van der Waals surface area contributed by atoms with Crippen molar-refractivity contribution in [3.8, 4) is 0 Å². The van der Waals surface area contributed by atoms with Gasteiger partial charge in [-0.25, -0.2) is 0 Å². The molecule has 2 aromatic heterocycles. The number of ether oxygens (including phenoxy) is 1. The minimum atomic E-state index is 0.596. The zero-order valence-corrected chi connectivity index (χ0v) is 20.4. The van der Waals surface area contributed by atoms with E-state index in [1.165, 1.54) is 12.8 Å². The lowest BCUT2D eigenvalue weighted by atomic mass is 10.2. The molecule has 1 aliphatic heterocycles. The highest BCUT2D eigenvalue weighted by molar-refractivity contribution is 6.31. The van der Waals surface area contributed by atoms with Crippen LogP contribution < -0.4 is 20.9 Å². The normalized spacial score (nSPS) is 13.8. The largest absolute Gasteiger partial charge is 0.384 e. The Labute approximate surface area is 205 Å². The van der Waals surface area contributed by atoms with E-state index in [0.29, 0.717) is 36.1 Å². The third-order valence-electron chi connectivity index (χ3n) is 5.64. The maximum absolute atomic E-state index is 6.09. The first kappa shape index (κ1) is 24.2. The van der Waals surface area contributed by atoms with E-state index < -0.39 is 0 Å². The third-order valence-corrected chi connectivity index (χ3v) is 5.87. The maximum Gasteiger partial charge on any atom is 0.232 e. The molecular weight excluding hydrogens is 452 g/mol. The summed E-state index contributed by atoms with van der Waals surface area (Å²) in [6, 6.07) is 7.75. The number of nitrogens with one attached hydrogen (secondary N) is 3. The Bertz CT molecular complexity index is 1060. The van der Waals surface area contributed by atoms with Gasteiger partial charge >= 0.3 is 0 Å². The van der Waals surface area contributed by atoms with Crippen molar-refractivity contribution in [2.45, 2.75) is 32.6 Å². The average molecular weight is 485 g/mol. The van der Waals surface area contributed by atoms with Crippen molar-refractivity contribution in [3.05, 3.63) is 35.5 Å². The van der Waals surface area contributed by atoms with Crippen molar-refractivity contribution < 1.29 is 4.74 Å². The summed E-state index contributed by atoms with van der Waals surface area (Å²) in [7, 11) is 0. The molecule has 10 heteroatoms. The fourth-order valence-corrected chi connectivity index (χ4v) is 3.96. The predicted molar refractivity (Wildman–Crippen MR) is 139 cm³/mol. The molecule has 0 aliphatic carbocycles. The fourth-order valence-electron chi connectivity index (χ4n) is 3.79. The Hall–Kier alpha value is -2.91. The van der Waals surface area contributed by atoms with Gasteiger partial charge in [0.1, 0.15) is 0 Å². The summed E-state index contributed by atoms with van der Waals surface area (Å²) in [6.07, 6.45) is 6.16. The van der Waals surface area contributed by atoms with E-state index >= 15 is 0 Å². The Balaban J connectivity index is 1.33. The molecule has 0 unspecified atom stereocenters. The summed E-state index contributed by atoms with van der Waals surface area (Å²) in [6.45, 7) is 7.55. The first-order valence-corrected chi connectivity index (χ1v) is 12.5. The zero-order valence-electron chi connectivity index (χ0n) is 19.7. The van der Waals surface area contributed by atoms with Gasteiger partial charge < -0.3 is 25.6 Å². The molecule has 1 aliphatic rings. The minimum Gasteiger partial charge on any atom is -0.384 e. The van der Waals surface area contributed by atoms with E-state index in [1.54, 1.807) is 6.20 Å². The standard InChI is InChI=1S/C24H33ClN8O/c1-2-3-4-9-28-22-30-23(32-24(31-22)33-13-15-34-16-14-33)29-11-5-10-26-20-8-12-27-21-17-18(25)6-7-19(20)21/h6-8,12,17H,2-5,9-11,13-16H2,1H3,(H,26,27)(H2,28,29,30,31,32). The lowest BCUT2D eigenvalue weighted by Gasteiger charge is -2.27. The number of nitrogens with zero attached hydrogens (tertiary/aromatic N) is 5. The van der Waals surface area contributed by atoms with Crippen LogP contribution in [-0.2, 0) is 4.74 Å². The van der Waals surface area contributed by atoms with Crippen LogP contribution in [0.2, 0.25) is 5.02 Å². The minimum absolute atomic E-state index is 0.596. The van der Waals surface area contributed by atoms with Gasteiger partial charge in [0, 0.05) is 55.0 Å². The molecule has 3 aromatic rings. The first-order valence-electron chi connectivity index (χ1n) is 12.1. The third kappa shape index (κ3) is 6.80. The fraction of sp³-hybridized carbons (Fsp3) is 0.500. The van der Waals surface area contributed by atoms with Crippen molar-refractivity contribution in [2.75, 3.05) is 66.8 Å². The number of rotatable bonds is 12. The summed E-state index contributed by atoms with van der Waals surface area (Å²) in [5, 5.41) is 12.0. The number of morpholine rings is 1. The monoisotopic (exact) mass is 484 g/mol. The van der Waals surface area contributed by atoms with Gasteiger partial charge in [0.15, 0.2) is 0 Å². The van der Waals surface area contributed by atoms with Crippen LogP contribution in [0, 0.1) is 0 Å². The number of fused-ring (bicyclic) bond motifs is 1. The van der Waals surface area contributed by atoms with Crippen molar-refractivity contribution in [2.24, 2.45) is 0 Å². The molecule has 9 nitrogen and oxygen atoms in total. The van der Waals surface area contributed by atoms with Gasteiger partial charge in [0.2, 0.25) is 17.8 Å². The molecule has 0 atom stereocenters. The lowest BCUT2D eigenvalue weighted by Crippen LogP contribution is -2.37. The number of pyridine rings is 1. The number of hydrogen-bond donors (Lipinski definition) is 3. The van der Waals surface area contributed by atoms with Crippen molar-refractivity contribution in [3.63, 3.8) is 0 Å². The summed E-state index contributed by atoms with van der Waals surface area (Å²) >= 11 is 6.09. The van der Waals surface area contributed by atoms with E-state index in [2.05, 4.69) is 47.7 Å². The lowest BCUT2D eigenvalue weighted by molar-refractivity contribution is 0.122. The molecule has 0 saturated carbocycles. The van der Waals surface area contributed by atoms with Crippen molar-refractivity contribution in [1.82, 2.24) is 19.9 Å². The second-order valence-corrected chi connectivity index (χ2v) is 8.68. The average Bonchev–Trinajstić information content (AvgIpc) is 2.87. The van der Waals surface area contributed by atoms with Crippen LogP contribution in [0.3, 0.4) is 0 Å². The second kappa shape index (κ2) is 12.5. The molecule has 0 spiro atoms. The van der Waals surface area contributed by atoms with Gasteiger partial charge in [-0.05, 0) is 37.1 Å². The van der Waals surface area contributed by atoms with E-state index in [9.17, 15) is 0 Å². The number of benzene rings is 1. The Morgan fingerprint density at radius 3 is 2.41 bits per heavy atom. The molecule has 1 fully saturated rings. The second-order valence-electron chi connectivity index (χ2n) is 8.24. The Kier molecular flexibility index (Phi) is 8.92. The number of hydrogen-bond acceptors (Lipinski definition) is 9. The molecule has 4 rings (SSSR count). The summed E-state index contributed by atoms with van der Waals surface area (Å²) in [5.41, 5.74) is 1.94. The van der Waals surface area contributed by atoms with Gasteiger partial charge in [-0.1, -0.05) is 31.4 Å². The van der Waals surface area contributed by atoms with E-state index in [4.69, 9.17) is 16.3 Å². The van der Waals surface area contributed by atoms with Gasteiger partial charge in [0.25, 0.3) is 0 Å². The first-order chi connectivity index (χ1) is 16.7. The molecule has 3 heterocycles. The van der Waals surface area contributed by atoms with Gasteiger partial charge in [-0.2, -0.15) is 15.0 Å². The summed E-state index contributed by atoms with van der Waals surface area (Å²) in [5.74, 6) is 1.91. The van der Waals surface area contributed by atoms with E-state index in [0.717, 1.165) is 62.2 Å². The van der Waals surface area contributed by atoms with Crippen molar-refractivity contribution in [1.29, 1.82) is 0 Å². The van der Waals surface area contributed by atoms with E-state index in [1.807, 2.05) is 24.3 Å². The van der Waals surface area contributed by atoms with Gasteiger partial charge in [0.05, 0.1) is 18.7 Å². The molecule has 0 radical (unpaired) electrons. The SMILES string of the molecule is CCCCCNc1nc(NCCCNc2ccnc3cc(Cl)ccc23)nc(N2CCOCC2)n1. The molecule has 182 valence electrons. The topological polar surface area (TPSA) is 100 Å². The molecule has 1 saturated heterocycles. The predicted octanol–water partition coefficient (Wildman–Crippen LogP) is 4.43. The smallest absolute Gasteiger partial charge is 0.232 e. The summed E-state index contributed by atoms with van der Waals surface area (Å²) in [4.78, 5) is 20.4. The number of halogens is 1. The molecule has 0 bridgehead atoms. The molecule has 0 amide bonds. The highest BCUT2D eigenvalue weighted by Crippen LogP contribution is 2.24. The molecule has 34 heavy (non-hydrogen) atoms. The van der Waals surface area contributed by atoms with Crippen LogP contribution >= 0.6 is 11.6 Å². The Morgan fingerprint density at radius 2 is 1.65 bits per heavy atom. The number of anilines is 4. The van der Waals surface area contributed by atoms with Gasteiger partial charge in [-0.15, -0.1) is 0 Å². The van der Waals surface area contributed by atoms with E-state index in [-0.39, 0.29) is 0 Å². The molecule has 1 aromatic carbocycles. The van der Waals surface area contributed by atoms with Crippen LogP contribution in [0.1, 0.15) is 32.6 Å². The van der Waals surface area contributed by atoms with Crippen LogP contribution in [0.25, 0.3) is 10.9 Å². The molecule has 3 N–H and O–H groups in total.